The van der Waals surface area contributed by atoms with Crippen LogP contribution in [0.1, 0.15) is 25.0 Å². The molecule has 160 valence electrons. The molecule has 31 heavy (non-hydrogen) atoms. The van der Waals surface area contributed by atoms with Crippen LogP contribution in [0, 0.1) is 0 Å². The number of aromatic amines is 1. The number of fused-ring (bicyclic) bond motifs is 1. The maximum Gasteiger partial charge on any atom is 0.272 e. The minimum absolute atomic E-state index is 0.216. The number of nitrogens with zero attached hydrogens (tertiary/aromatic N) is 1. The number of hydrogen-bond acceptors (Lipinski definition) is 4. The van der Waals surface area contributed by atoms with Crippen LogP contribution in [0.25, 0.3) is 10.8 Å². The summed E-state index contributed by atoms with van der Waals surface area (Å²) in [5.74, 6) is 1.31. The molecule has 0 unspecified atom stereocenters. The fraction of sp³-hybridized carbons (Fsp3) is 0.167. The second-order valence-corrected chi connectivity index (χ2v) is 7.21. The van der Waals surface area contributed by atoms with Gasteiger partial charge in [0.25, 0.3) is 5.56 Å². The van der Waals surface area contributed by atoms with Crippen LogP contribution < -0.4 is 15.6 Å². The van der Waals surface area contributed by atoms with Crippen LogP contribution in [-0.2, 0) is 13.2 Å². The van der Waals surface area contributed by atoms with Crippen molar-refractivity contribution >= 4 is 39.8 Å². The van der Waals surface area contributed by atoms with Gasteiger partial charge >= 0.3 is 0 Å². The summed E-state index contributed by atoms with van der Waals surface area (Å²) in [6.45, 7) is 4.73. The molecule has 1 heterocycles. The molecule has 0 bridgehead atoms. The van der Waals surface area contributed by atoms with Crippen LogP contribution in [0.2, 0.25) is 10.0 Å². The van der Waals surface area contributed by atoms with Gasteiger partial charge in [-0.05, 0) is 24.3 Å². The highest BCUT2D eigenvalue weighted by Crippen LogP contribution is 2.27. The van der Waals surface area contributed by atoms with Gasteiger partial charge in [-0.3, -0.25) is 4.79 Å². The van der Waals surface area contributed by atoms with Crippen LogP contribution in [0.3, 0.4) is 0 Å². The molecule has 0 fully saturated rings. The SMILES string of the molecule is CC.O=c1[nH]nc(NCc2ccccc2OCc2c(Cl)cccc2Cl)c2ccccc12. The van der Waals surface area contributed by atoms with Gasteiger partial charge < -0.3 is 10.1 Å². The number of benzene rings is 3. The van der Waals surface area contributed by atoms with E-state index in [-0.39, 0.29) is 12.2 Å². The van der Waals surface area contributed by atoms with E-state index in [0.717, 1.165) is 16.5 Å². The van der Waals surface area contributed by atoms with E-state index < -0.39 is 0 Å². The first-order chi connectivity index (χ1) is 15.1. The van der Waals surface area contributed by atoms with Crippen molar-refractivity contribution in [2.75, 3.05) is 5.32 Å². The smallest absolute Gasteiger partial charge is 0.272 e. The van der Waals surface area contributed by atoms with E-state index in [0.29, 0.717) is 33.5 Å². The summed E-state index contributed by atoms with van der Waals surface area (Å²) in [4.78, 5) is 11.9. The number of anilines is 1. The summed E-state index contributed by atoms with van der Waals surface area (Å²) in [6.07, 6.45) is 0. The minimum atomic E-state index is -0.216. The lowest BCUT2D eigenvalue weighted by Gasteiger charge is -2.14. The van der Waals surface area contributed by atoms with Gasteiger partial charge in [-0.25, -0.2) is 5.10 Å². The predicted octanol–water partition coefficient (Wildman–Crippen LogP) is 6.45. The Morgan fingerprint density at radius 3 is 2.29 bits per heavy atom. The van der Waals surface area contributed by atoms with E-state index in [2.05, 4.69) is 15.5 Å². The summed E-state index contributed by atoms with van der Waals surface area (Å²) < 4.78 is 5.99. The van der Waals surface area contributed by atoms with Gasteiger partial charge in [0.1, 0.15) is 12.4 Å². The lowest BCUT2D eigenvalue weighted by atomic mass is 10.1. The Morgan fingerprint density at radius 2 is 1.55 bits per heavy atom. The molecule has 3 aromatic carbocycles. The summed E-state index contributed by atoms with van der Waals surface area (Å²) in [5.41, 5.74) is 1.46. The number of nitrogens with one attached hydrogen (secondary N) is 2. The highest BCUT2D eigenvalue weighted by atomic mass is 35.5. The van der Waals surface area contributed by atoms with Gasteiger partial charge in [-0.1, -0.05) is 79.5 Å². The van der Waals surface area contributed by atoms with Gasteiger partial charge in [0.15, 0.2) is 5.82 Å². The second-order valence-electron chi connectivity index (χ2n) is 6.40. The average Bonchev–Trinajstić information content (AvgIpc) is 2.80. The number of halogens is 2. The highest BCUT2D eigenvalue weighted by molar-refractivity contribution is 6.35. The van der Waals surface area contributed by atoms with Crippen LogP contribution in [-0.4, -0.2) is 10.2 Å². The monoisotopic (exact) mass is 455 g/mol. The fourth-order valence-corrected chi connectivity index (χ4v) is 3.55. The summed E-state index contributed by atoms with van der Waals surface area (Å²) in [6, 6.07) is 20.4. The molecule has 1 aromatic heterocycles. The topological polar surface area (TPSA) is 67.0 Å². The van der Waals surface area contributed by atoms with E-state index in [9.17, 15) is 4.79 Å². The summed E-state index contributed by atoms with van der Waals surface area (Å²) >= 11 is 12.5. The van der Waals surface area contributed by atoms with Crippen molar-refractivity contribution < 1.29 is 4.74 Å². The zero-order chi connectivity index (χ0) is 22.2. The van der Waals surface area contributed by atoms with Gasteiger partial charge in [-0.15, -0.1) is 0 Å². The number of para-hydroxylation sites is 1. The van der Waals surface area contributed by atoms with Crippen molar-refractivity contribution in [2.45, 2.75) is 27.0 Å². The predicted molar refractivity (Wildman–Crippen MR) is 128 cm³/mol. The molecule has 7 heteroatoms. The third-order valence-corrected chi connectivity index (χ3v) is 5.26. The zero-order valence-corrected chi connectivity index (χ0v) is 18.8. The molecule has 0 saturated heterocycles. The number of ether oxygens (including phenoxy) is 1. The Balaban J connectivity index is 0.00000132. The second kappa shape index (κ2) is 10.8. The van der Waals surface area contributed by atoms with Gasteiger partial charge in [0, 0.05) is 33.1 Å². The van der Waals surface area contributed by atoms with E-state index in [4.69, 9.17) is 27.9 Å². The maximum absolute atomic E-state index is 11.9. The molecule has 5 nitrogen and oxygen atoms in total. The first kappa shape index (κ1) is 22.7. The van der Waals surface area contributed by atoms with Crippen molar-refractivity contribution in [3.05, 3.63) is 98.3 Å². The van der Waals surface area contributed by atoms with Crippen LogP contribution in [0.4, 0.5) is 5.82 Å². The summed E-state index contributed by atoms with van der Waals surface area (Å²) in [5, 5.41) is 12.4. The molecule has 0 radical (unpaired) electrons. The number of aromatic nitrogens is 2. The third-order valence-electron chi connectivity index (χ3n) is 4.55. The lowest BCUT2D eigenvalue weighted by Crippen LogP contribution is -2.12. The Kier molecular flexibility index (Phi) is 7.93. The van der Waals surface area contributed by atoms with Crippen molar-refractivity contribution in [3.63, 3.8) is 0 Å². The maximum atomic E-state index is 11.9. The first-order valence-electron chi connectivity index (χ1n) is 9.98. The molecule has 0 spiro atoms. The van der Waals surface area contributed by atoms with Crippen LogP contribution in [0.5, 0.6) is 5.75 Å². The lowest BCUT2D eigenvalue weighted by molar-refractivity contribution is 0.303. The standard InChI is InChI=1S/C22H17Cl2N3O2.C2H6/c23-18-9-5-10-19(24)17(18)13-29-20-11-4-1-6-14(20)12-25-21-15-7-2-3-8-16(15)22(28)27-26-21;1-2/h1-11H,12-13H2,(H,25,26)(H,27,28);1-2H3. The molecule has 4 rings (SSSR count). The molecule has 0 amide bonds. The van der Waals surface area contributed by atoms with Gasteiger partial charge in [0.05, 0.1) is 5.39 Å². The fourth-order valence-electron chi connectivity index (χ4n) is 3.04. The molecular weight excluding hydrogens is 433 g/mol. The molecule has 2 N–H and O–H groups in total. The number of rotatable bonds is 6. The quantitative estimate of drug-likeness (QED) is 0.350. The third kappa shape index (κ3) is 5.37. The minimum Gasteiger partial charge on any atom is -0.488 e. The molecule has 0 aliphatic rings. The Hall–Kier alpha value is -3.02. The number of H-pyrrole nitrogens is 1. The highest BCUT2D eigenvalue weighted by Gasteiger charge is 2.10. The molecule has 4 aromatic rings. The first-order valence-corrected chi connectivity index (χ1v) is 10.7. The van der Waals surface area contributed by atoms with Crippen molar-refractivity contribution in [3.8, 4) is 5.75 Å². The van der Waals surface area contributed by atoms with E-state index >= 15 is 0 Å². The molecule has 0 aliphatic heterocycles. The normalized spacial score (nSPS) is 10.3. The van der Waals surface area contributed by atoms with Gasteiger partial charge in [-0.2, -0.15) is 5.10 Å². The summed E-state index contributed by atoms with van der Waals surface area (Å²) in [7, 11) is 0. The van der Waals surface area contributed by atoms with E-state index in [1.807, 2.05) is 56.3 Å². The Morgan fingerprint density at radius 1 is 0.903 bits per heavy atom. The van der Waals surface area contributed by atoms with E-state index in [1.165, 1.54) is 0 Å². The average molecular weight is 456 g/mol. The van der Waals surface area contributed by atoms with Crippen molar-refractivity contribution in [2.24, 2.45) is 0 Å². The van der Waals surface area contributed by atoms with Crippen molar-refractivity contribution in [1.29, 1.82) is 0 Å². The van der Waals surface area contributed by atoms with E-state index in [1.54, 1.807) is 24.3 Å². The van der Waals surface area contributed by atoms with Gasteiger partial charge in [0.2, 0.25) is 0 Å². The number of hydrogen-bond donors (Lipinski definition) is 2. The molecule has 0 atom stereocenters. The molecular formula is C24H23Cl2N3O2. The zero-order valence-electron chi connectivity index (χ0n) is 17.3. The molecule has 0 aliphatic carbocycles. The van der Waals surface area contributed by atoms with Crippen molar-refractivity contribution in [1.82, 2.24) is 10.2 Å². The van der Waals surface area contributed by atoms with Crippen LogP contribution >= 0.6 is 23.2 Å². The van der Waals surface area contributed by atoms with Crippen LogP contribution in [0.15, 0.2) is 71.5 Å². The Bertz CT molecular complexity index is 1200. The largest absolute Gasteiger partial charge is 0.488 e. The molecule has 0 saturated carbocycles. The Labute approximate surface area is 191 Å².